The van der Waals surface area contributed by atoms with Crippen molar-refractivity contribution < 1.29 is 33.6 Å². The van der Waals surface area contributed by atoms with Gasteiger partial charge in [-0.15, -0.1) is 0 Å². The van der Waals surface area contributed by atoms with Gasteiger partial charge in [-0.1, -0.05) is 0 Å². The molecule has 0 saturated heterocycles. The second-order valence-corrected chi connectivity index (χ2v) is 22.5. The Balaban J connectivity index is 1.44. The van der Waals surface area contributed by atoms with E-state index in [2.05, 4.69) is 98.0 Å². The molecule has 0 fully saturated rings. The molecule has 0 bridgehead atoms. The average molecular weight is 677 g/mol. The van der Waals surface area contributed by atoms with Crippen LogP contribution in [0.4, 0.5) is 0 Å². The van der Waals surface area contributed by atoms with Gasteiger partial charge >= 0.3 is 287 Å². The third-order valence-corrected chi connectivity index (χ3v) is 20.1. The van der Waals surface area contributed by atoms with Crippen LogP contribution < -0.4 is 10.4 Å². The third kappa shape index (κ3) is 4.11. The standard InChI is InChI=1S/C28H22Si.2C7H6O2.Ti/c1-29(2,27-15-7-13-23-21-11-5-3-9-19(21)17-25(23)27)28-16-8-14-24-22-12-6-4-10-20(22)18-26(24)28;2*8-7(9)6-4-2-1-3-5-6;/h3-18H,1-2H3;2*1-5H,(H,8,9);/q;;;+2/p-2. The Morgan fingerprint density at radius 2 is 0.854 bits per heavy atom. The van der Waals surface area contributed by atoms with E-state index in [1.165, 1.54) is 10.4 Å². The van der Waals surface area contributed by atoms with Gasteiger partial charge < -0.3 is 0 Å². The Morgan fingerprint density at radius 1 is 0.479 bits per heavy atom. The van der Waals surface area contributed by atoms with Crippen molar-refractivity contribution in [2.45, 2.75) is 21.5 Å². The molecule has 232 valence electrons. The SMILES string of the molecule is C[Si]1(C)c2cccc3c2[CH](c2ccccc2-3)[Ti]([O]C(=O)c2ccccc2)([O]C(=O)c2ccccc2)[CH]2c3ccccc3-c3cccc1c32. The second kappa shape index (κ2) is 10.9. The Morgan fingerprint density at radius 3 is 1.29 bits per heavy atom. The summed E-state index contributed by atoms with van der Waals surface area (Å²) in [6.07, 6.45) is 0. The first kappa shape index (κ1) is 29.3. The van der Waals surface area contributed by atoms with Gasteiger partial charge in [0.2, 0.25) is 0 Å². The van der Waals surface area contributed by atoms with E-state index in [4.69, 9.17) is 6.64 Å². The van der Waals surface area contributed by atoms with Gasteiger partial charge in [0, 0.05) is 0 Å². The molecule has 48 heavy (non-hydrogen) atoms. The molecule has 4 nitrogen and oxygen atoms in total. The van der Waals surface area contributed by atoms with Crippen LogP contribution in [0.3, 0.4) is 0 Å². The van der Waals surface area contributed by atoms with Gasteiger partial charge in [-0.25, -0.2) is 0 Å². The maximum atomic E-state index is 14.6. The monoisotopic (exact) mass is 676 g/mol. The van der Waals surface area contributed by atoms with Crippen molar-refractivity contribution in [3.63, 3.8) is 0 Å². The summed E-state index contributed by atoms with van der Waals surface area (Å²) in [6, 6.07) is 48.4. The number of carbonyl (C=O) groups excluding carboxylic acids is 2. The predicted octanol–water partition coefficient (Wildman–Crippen LogP) is 8.36. The van der Waals surface area contributed by atoms with Crippen LogP contribution in [-0.2, 0) is 24.0 Å². The van der Waals surface area contributed by atoms with Crippen LogP contribution in [0.15, 0.2) is 146 Å². The minimum absolute atomic E-state index is 0.406. The van der Waals surface area contributed by atoms with Gasteiger partial charge in [0.15, 0.2) is 0 Å². The van der Waals surface area contributed by atoms with Crippen molar-refractivity contribution in [2.24, 2.45) is 0 Å². The summed E-state index contributed by atoms with van der Waals surface area (Å²) in [5.41, 5.74) is 9.85. The number of carbonyl (C=O) groups is 2. The molecule has 3 aliphatic rings. The van der Waals surface area contributed by atoms with Crippen molar-refractivity contribution in [3.8, 4) is 22.3 Å². The first-order valence-electron chi connectivity index (χ1n) is 16.4. The third-order valence-electron chi connectivity index (χ3n) is 10.6. The number of benzene rings is 6. The summed E-state index contributed by atoms with van der Waals surface area (Å²) in [4.78, 5) is 29.2. The molecule has 6 aromatic rings. The van der Waals surface area contributed by atoms with Gasteiger partial charge in [0.1, 0.15) is 0 Å². The molecule has 1 aliphatic heterocycles. The topological polar surface area (TPSA) is 52.6 Å². The molecule has 0 spiro atoms. The summed E-state index contributed by atoms with van der Waals surface area (Å²) in [5, 5.41) is 2.59. The molecular formula is C42H32O4SiTi. The van der Waals surface area contributed by atoms with Gasteiger partial charge in [-0.2, -0.15) is 0 Å². The van der Waals surface area contributed by atoms with E-state index in [1.807, 2.05) is 36.4 Å². The quantitative estimate of drug-likeness (QED) is 0.176. The zero-order valence-corrected chi connectivity index (χ0v) is 29.2. The number of rotatable bonds is 4. The van der Waals surface area contributed by atoms with E-state index in [9.17, 15) is 9.59 Å². The molecule has 9 rings (SSSR count). The number of fused-ring (bicyclic) bond motifs is 6. The van der Waals surface area contributed by atoms with E-state index < -0.39 is 45.8 Å². The molecule has 0 saturated carbocycles. The normalized spacial score (nSPS) is 18.3. The van der Waals surface area contributed by atoms with Crippen molar-refractivity contribution in [3.05, 3.63) is 179 Å². The fraction of sp³-hybridized carbons (Fsp3) is 0.0952. The molecule has 0 amide bonds. The van der Waals surface area contributed by atoms with Crippen LogP contribution in [0.5, 0.6) is 0 Å². The predicted molar refractivity (Wildman–Crippen MR) is 188 cm³/mol. The fourth-order valence-corrected chi connectivity index (χ4v) is 19.2. The summed E-state index contributed by atoms with van der Waals surface area (Å²) in [7, 11) is -2.38. The van der Waals surface area contributed by atoms with Crippen LogP contribution in [-0.4, -0.2) is 20.0 Å². The maximum absolute atomic E-state index is 14.6. The van der Waals surface area contributed by atoms with E-state index in [1.54, 1.807) is 24.3 Å². The van der Waals surface area contributed by atoms with Crippen molar-refractivity contribution in [1.82, 2.24) is 0 Å². The first-order chi connectivity index (χ1) is 23.4. The van der Waals surface area contributed by atoms with Crippen LogP contribution in [0, 0.1) is 0 Å². The summed E-state index contributed by atoms with van der Waals surface area (Å²) in [6.45, 7) is 4.87. The Kier molecular flexibility index (Phi) is 6.64. The van der Waals surface area contributed by atoms with Crippen LogP contribution >= 0.6 is 0 Å². The molecule has 0 radical (unpaired) electrons. The van der Waals surface area contributed by atoms with Gasteiger partial charge in [-0.3, -0.25) is 0 Å². The number of hydrogen-bond acceptors (Lipinski definition) is 4. The molecule has 6 aromatic carbocycles. The van der Waals surface area contributed by atoms with Crippen molar-refractivity contribution >= 4 is 30.4 Å². The number of hydrogen-bond donors (Lipinski definition) is 0. The van der Waals surface area contributed by atoms with E-state index in [0.717, 1.165) is 44.5 Å². The van der Waals surface area contributed by atoms with Crippen LogP contribution in [0.25, 0.3) is 22.3 Å². The zero-order valence-electron chi connectivity index (χ0n) is 26.6. The van der Waals surface area contributed by atoms with Gasteiger partial charge in [0.25, 0.3) is 0 Å². The Labute approximate surface area is 285 Å². The van der Waals surface area contributed by atoms with Crippen molar-refractivity contribution in [1.29, 1.82) is 0 Å². The minimum atomic E-state index is -4.98. The molecule has 2 atom stereocenters. The summed E-state index contributed by atoms with van der Waals surface area (Å²) < 4.78 is 13.6. The molecular weight excluding hydrogens is 644 g/mol. The first-order valence-corrected chi connectivity index (χ1v) is 22.5. The molecule has 2 unspecified atom stereocenters. The van der Waals surface area contributed by atoms with Gasteiger partial charge in [0.05, 0.1) is 0 Å². The fourth-order valence-electron chi connectivity index (χ4n) is 8.57. The van der Waals surface area contributed by atoms with Crippen molar-refractivity contribution in [2.75, 3.05) is 0 Å². The zero-order chi connectivity index (χ0) is 32.6. The molecule has 0 N–H and O–H groups in total. The van der Waals surface area contributed by atoms with Crippen LogP contribution in [0.2, 0.25) is 13.1 Å². The molecule has 0 aromatic heterocycles. The second-order valence-electron chi connectivity index (χ2n) is 13.4. The summed E-state index contributed by atoms with van der Waals surface area (Å²) in [5.74, 6) is -0.916. The summed E-state index contributed by atoms with van der Waals surface area (Å²) >= 11 is -4.98. The molecule has 1 heterocycles. The molecule has 2 aliphatic carbocycles. The Hall–Kier alpha value is -4.81. The van der Waals surface area contributed by atoms with E-state index >= 15 is 0 Å². The van der Waals surface area contributed by atoms with E-state index in [0.29, 0.717) is 11.1 Å². The Bertz CT molecular complexity index is 2120. The van der Waals surface area contributed by atoms with E-state index in [-0.39, 0.29) is 0 Å². The average Bonchev–Trinajstić information content (AvgIpc) is 3.65. The van der Waals surface area contributed by atoms with Gasteiger partial charge in [-0.05, 0) is 0 Å². The molecule has 6 heteroatoms. The van der Waals surface area contributed by atoms with Crippen LogP contribution in [0.1, 0.15) is 51.4 Å².